The smallest absolute Gasteiger partial charge is 0.340 e. The van der Waals surface area contributed by atoms with Crippen LogP contribution >= 0.6 is 0 Å². The molecule has 1 saturated heterocycles. The van der Waals surface area contributed by atoms with Gasteiger partial charge in [-0.05, 0) is 32.8 Å². The van der Waals surface area contributed by atoms with E-state index in [4.69, 9.17) is 15.2 Å². The van der Waals surface area contributed by atoms with Crippen LogP contribution in [0.5, 0.6) is 0 Å². The lowest BCUT2D eigenvalue weighted by molar-refractivity contribution is -0.00272. The molecule has 1 aromatic rings. The van der Waals surface area contributed by atoms with Gasteiger partial charge in [-0.2, -0.15) is 0 Å². The number of hydrogen-bond acceptors (Lipinski definition) is 5. The second kappa shape index (κ2) is 5.35. The molecule has 2 unspecified atom stereocenters. The van der Waals surface area contributed by atoms with Crippen molar-refractivity contribution in [2.75, 3.05) is 12.3 Å². The van der Waals surface area contributed by atoms with Gasteiger partial charge in [-0.1, -0.05) is 0 Å². The molecule has 0 amide bonds. The lowest BCUT2D eigenvalue weighted by Crippen LogP contribution is -2.19. The van der Waals surface area contributed by atoms with Crippen LogP contribution < -0.4 is 5.73 Å². The van der Waals surface area contributed by atoms with E-state index in [1.165, 1.54) is 6.20 Å². The molecule has 1 aliphatic heterocycles. The number of nitrogens with zero attached hydrogens (tertiary/aromatic N) is 1. The van der Waals surface area contributed by atoms with Gasteiger partial charge >= 0.3 is 5.97 Å². The molecule has 98 valence electrons. The molecule has 0 bridgehead atoms. The molecule has 18 heavy (non-hydrogen) atoms. The highest BCUT2D eigenvalue weighted by Gasteiger charge is 2.23. The van der Waals surface area contributed by atoms with Gasteiger partial charge in [-0.25, -0.2) is 4.79 Å². The number of rotatable bonds is 3. The van der Waals surface area contributed by atoms with Crippen LogP contribution in [0.3, 0.4) is 0 Å². The van der Waals surface area contributed by atoms with Gasteiger partial charge in [0.1, 0.15) is 6.61 Å². The minimum atomic E-state index is -0.393. The summed E-state index contributed by atoms with van der Waals surface area (Å²) in [5.74, 6) is -0.393. The third kappa shape index (κ3) is 2.98. The van der Waals surface area contributed by atoms with Crippen molar-refractivity contribution < 1.29 is 14.3 Å². The monoisotopic (exact) mass is 250 g/mol. The number of ether oxygens (including phenoxy) is 2. The van der Waals surface area contributed by atoms with Crippen LogP contribution in [-0.4, -0.2) is 29.8 Å². The number of nitrogens with two attached hydrogens (primary N) is 1. The lowest BCUT2D eigenvalue weighted by Gasteiger charge is -2.12. The third-order valence-electron chi connectivity index (χ3n) is 3.05. The van der Waals surface area contributed by atoms with E-state index >= 15 is 0 Å². The van der Waals surface area contributed by atoms with Crippen LogP contribution in [0.2, 0.25) is 0 Å². The number of hydrogen-bond donors (Lipinski definition) is 1. The molecule has 5 heteroatoms. The first-order chi connectivity index (χ1) is 8.56. The van der Waals surface area contributed by atoms with Crippen molar-refractivity contribution in [3.63, 3.8) is 0 Å². The van der Waals surface area contributed by atoms with E-state index in [1.54, 1.807) is 13.0 Å². The van der Waals surface area contributed by atoms with Gasteiger partial charge in [0.25, 0.3) is 0 Å². The number of carbonyl (C=O) groups excluding carboxylic acids is 1. The Balaban J connectivity index is 1.93. The summed E-state index contributed by atoms with van der Waals surface area (Å²) in [6.07, 6.45) is 3.74. The topological polar surface area (TPSA) is 74.4 Å². The van der Waals surface area contributed by atoms with Crippen LogP contribution in [-0.2, 0) is 9.47 Å². The molecule has 0 saturated carbocycles. The first-order valence-electron chi connectivity index (χ1n) is 6.11. The summed E-state index contributed by atoms with van der Waals surface area (Å²) < 4.78 is 10.8. The highest BCUT2D eigenvalue weighted by molar-refractivity contribution is 5.91. The van der Waals surface area contributed by atoms with Crippen LogP contribution in [0.4, 0.5) is 5.69 Å². The lowest BCUT2D eigenvalue weighted by atomic mass is 10.2. The third-order valence-corrected chi connectivity index (χ3v) is 3.05. The Morgan fingerprint density at radius 3 is 3.06 bits per heavy atom. The quantitative estimate of drug-likeness (QED) is 0.826. The van der Waals surface area contributed by atoms with Gasteiger partial charge in [0.05, 0.1) is 35.3 Å². The highest BCUT2D eigenvalue weighted by Crippen LogP contribution is 2.20. The molecule has 0 radical (unpaired) electrons. The fourth-order valence-electron chi connectivity index (χ4n) is 2.01. The van der Waals surface area contributed by atoms with E-state index in [2.05, 4.69) is 4.98 Å². The first-order valence-corrected chi connectivity index (χ1v) is 6.11. The predicted molar refractivity (Wildman–Crippen MR) is 67.2 cm³/mol. The van der Waals surface area contributed by atoms with E-state index in [0.29, 0.717) is 16.9 Å². The average Bonchev–Trinajstić information content (AvgIpc) is 2.75. The van der Waals surface area contributed by atoms with Crippen LogP contribution in [0, 0.1) is 6.92 Å². The number of pyridine rings is 1. The number of anilines is 1. The number of esters is 1. The predicted octanol–water partition coefficient (Wildman–Crippen LogP) is 1.70. The molecule has 0 aromatic carbocycles. The van der Waals surface area contributed by atoms with Crippen LogP contribution in [0.25, 0.3) is 0 Å². The Labute approximate surface area is 106 Å². The van der Waals surface area contributed by atoms with E-state index in [9.17, 15) is 4.79 Å². The van der Waals surface area contributed by atoms with Gasteiger partial charge in [0, 0.05) is 0 Å². The maximum atomic E-state index is 11.9. The minimum absolute atomic E-state index is 0.0123. The molecule has 2 N–H and O–H groups in total. The molecule has 1 aliphatic rings. The van der Waals surface area contributed by atoms with Crippen molar-refractivity contribution in [3.8, 4) is 0 Å². The number of nitrogen functional groups attached to an aromatic ring is 1. The molecule has 2 atom stereocenters. The van der Waals surface area contributed by atoms with Gasteiger partial charge < -0.3 is 15.2 Å². The van der Waals surface area contributed by atoms with Gasteiger partial charge in [-0.15, -0.1) is 0 Å². The van der Waals surface area contributed by atoms with Gasteiger partial charge in [0.15, 0.2) is 0 Å². The van der Waals surface area contributed by atoms with Crippen molar-refractivity contribution in [1.29, 1.82) is 0 Å². The molecule has 2 rings (SSSR count). The summed E-state index contributed by atoms with van der Waals surface area (Å²) in [7, 11) is 0. The van der Waals surface area contributed by atoms with Crippen molar-refractivity contribution >= 4 is 11.7 Å². The van der Waals surface area contributed by atoms with Crippen molar-refractivity contribution in [1.82, 2.24) is 4.98 Å². The SMILES string of the molecule is Cc1ncc(N)cc1C(=O)OCC1CCC(C)O1. The summed E-state index contributed by atoms with van der Waals surface area (Å²) in [5.41, 5.74) is 7.10. The van der Waals surface area contributed by atoms with E-state index in [1.807, 2.05) is 6.92 Å². The normalized spacial score (nSPS) is 23.0. The van der Waals surface area contributed by atoms with E-state index < -0.39 is 5.97 Å². The van der Waals surface area contributed by atoms with Crippen LogP contribution in [0.15, 0.2) is 12.3 Å². The van der Waals surface area contributed by atoms with Crippen molar-refractivity contribution in [2.24, 2.45) is 0 Å². The van der Waals surface area contributed by atoms with E-state index in [-0.39, 0.29) is 18.8 Å². The Morgan fingerprint density at radius 2 is 2.39 bits per heavy atom. The van der Waals surface area contributed by atoms with Crippen LogP contribution in [0.1, 0.15) is 35.8 Å². The number of aromatic nitrogens is 1. The molecule has 1 aromatic heterocycles. The Bertz CT molecular complexity index is 448. The first kappa shape index (κ1) is 12.8. The molecule has 5 nitrogen and oxygen atoms in total. The summed E-state index contributed by atoms with van der Waals surface area (Å²) in [4.78, 5) is 15.9. The van der Waals surface area contributed by atoms with E-state index in [0.717, 1.165) is 12.8 Å². The Kier molecular flexibility index (Phi) is 3.81. The fourth-order valence-corrected chi connectivity index (χ4v) is 2.01. The second-order valence-electron chi connectivity index (χ2n) is 4.65. The summed E-state index contributed by atoms with van der Waals surface area (Å²) in [6.45, 7) is 4.06. The average molecular weight is 250 g/mol. The zero-order valence-electron chi connectivity index (χ0n) is 10.7. The highest BCUT2D eigenvalue weighted by atomic mass is 16.6. The largest absolute Gasteiger partial charge is 0.459 e. The standard InChI is InChI=1S/C13H18N2O3/c1-8-3-4-11(18-8)7-17-13(16)12-5-10(14)6-15-9(12)2/h5-6,8,11H,3-4,7,14H2,1-2H3. The second-order valence-corrected chi connectivity index (χ2v) is 4.65. The summed E-state index contributed by atoms with van der Waals surface area (Å²) >= 11 is 0. The maximum absolute atomic E-state index is 11.9. The number of aryl methyl sites for hydroxylation is 1. The fraction of sp³-hybridized carbons (Fsp3) is 0.538. The molecule has 2 heterocycles. The summed E-state index contributed by atoms with van der Waals surface area (Å²) in [5, 5.41) is 0. The molecule has 0 aliphatic carbocycles. The molecule has 1 fully saturated rings. The molecular formula is C13H18N2O3. The molecule has 0 spiro atoms. The van der Waals surface area contributed by atoms with Crippen molar-refractivity contribution in [2.45, 2.75) is 38.9 Å². The Hall–Kier alpha value is -1.62. The number of carbonyl (C=O) groups is 1. The Morgan fingerprint density at radius 1 is 1.61 bits per heavy atom. The minimum Gasteiger partial charge on any atom is -0.459 e. The zero-order chi connectivity index (χ0) is 13.1. The van der Waals surface area contributed by atoms with Gasteiger partial charge in [-0.3, -0.25) is 4.98 Å². The summed E-state index contributed by atoms with van der Waals surface area (Å²) in [6, 6.07) is 1.59. The zero-order valence-corrected chi connectivity index (χ0v) is 10.7. The van der Waals surface area contributed by atoms with Crippen molar-refractivity contribution in [3.05, 3.63) is 23.5 Å². The molecular weight excluding hydrogens is 232 g/mol. The van der Waals surface area contributed by atoms with Gasteiger partial charge in [0.2, 0.25) is 0 Å². The maximum Gasteiger partial charge on any atom is 0.340 e.